The molecule has 1 aromatic heterocycles. The molecule has 1 fully saturated rings. The Bertz CT molecular complexity index is 808. The van der Waals surface area contributed by atoms with Crippen molar-refractivity contribution < 1.29 is 47.6 Å². The average molecular weight is 417 g/mol. The predicted octanol–water partition coefficient (Wildman–Crippen LogP) is -1.81. The van der Waals surface area contributed by atoms with E-state index in [4.69, 9.17) is 25.4 Å². The van der Waals surface area contributed by atoms with Gasteiger partial charge in [-0.2, -0.15) is 9.29 Å². The van der Waals surface area contributed by atoms with Crippen LogP contribution in [0.4, 0.5) is 5.82 Å². The standard InChI is InChI=1S/C10H17N3O11P2/c11-9-5(3-14)2-13(10(16)12-9)8-1-6(15)7(23-8)4-22-26(20,21)24-25(17,18)19/h2,6-8,14-15H,1,3-4H2,(H,20,21)(H2,11,12,16)(H2,17,18,19)/t6-,7+,8+/m1/s1. The molecule has 1 aliphatic rings. The molecule has 0 aromatic carbocycles. The number of phosphoric ester groups is 1. The van der Waals surface area contributed by atoms with Crippen LogP contribution in [0.5, 0.6) is 0 Å². The average Bonchev–Trinajstić information content (AvgIpc) is 2.84. The van der Waals surface area contributed by atoms with Crippen LogP contribution < -0.4 is 11.4 Å². The van der Waals surface area contributed by atoms with Crippen LogP contribution in [0, 0.1) is 0 Å². The van der Waals surface area contributed by atoms with Crippen molar-refractivity contribution in [3.05, 3.63) is 22.2 Å². The van der Waals surface area contributed by atoms with Crippen LogP contribution in [0.2, 0.25) is 0 Å². The lowest BCUT2D eigenvalue weighted by atomic mass is 10.2. The summed E-state index contributed by atoms with van der Waals surface area (Å²) in [5.41, 5.74) is 4.81. The monoisotopic (exact) mass is 417 g/mol. The molecule has 1 saturated heterocycles. The van der Waals surface area contributed by atoms with Gasteiger partial charge in [-0.1, -0.05) is 0 Å². The number of nitrogen functional groups attached to an aromatic ring is 1. The lowest BCUT2D eigenvalue weighted by molar-refractivity contribution is -0.0450. The summed E-state index contributed by atoms with van der Waals surface area (Å²) in [5, 5.41) is 19.1. The van der Waals surface area contributed by atoms with Gasteiger partial charge in [-0.15, -0.1) is 0 Å². The largest absolute Gasteiger partial charge is 0.481 e. The summed E-state index contributed by atoms with van der Waals surface area (Å²) in [4.78, 5) is 41.6. The molecule has 7 N–H and O–H groups in total. The first-order chi connectivity index (χ1) is 11.9. The molecular weight excluding hydrogens is 400 g/mol. The minimum Gasteiger partial charge on any atom is -0.391 e. The number of nitrogens with two attached hydrogens (primary N) is 1. The van der Waals surface area contributed by atoms with E-state index in [2.05, 4.69) is 13.8 Å². The zero-order chi connectivity index (χ0) is 19.7. The topological polar surface area (TPSA) is 224 Å². The number of anilines is 1. The molecule has 1 aromatic rings. The summed E-state index contributed by atoms with van der Waals surface area (Å²) in [7, 11) is -10.4. The Balaban J connectivity index is 2.07. The van der Waals surface area contributed by atoms with E-state index in [0.717, 1.165) is 4.57 Å². The Morgan fingerprint density at radius 1 is 1.38 bits per heavy atom. The molecule has 2 heterocycles. The van der Waals surface area contributed by atoms with Gasteiger partial charge in [0.15, 0.2) is 0 Å². The van der Waals surface area contributed by atoms with Gasteiger partial charge in [-0.25, -0.2) is 13.9 Å². The third-order valence-electron chi connectivity index (χ3n) is 3.36. The van der Waals surface area contributed by atoms with Gasteiger partial charge in [0, 0.05) is 18.2 Å². The summed E-state index contributed by atoms with van der Waals surface area (Å²) in [6.45, 7) is -1.25. The summed E-state index contributed by atoms with van der Waals surface area (Å²) in [5.74, 6) is -0.164. The van der Waals surface area contributed by atoms with Gasteiger partial charge in [0.1, 0.15) is 18.1 Å². The summed E-state index contributed by atoms with van der Waals surface area (Å²) < 4.78 is 36.3. The molecule has 16 heteroatoms. The van der Waals surface area contributed by atoms with E-state index < -0.39 is 53.0 Å². The third kappa shape index (κ3) is 5.41. The summed E-state index contributed by atoms with van der Waals surface area (Å²) >= 11 is 0. The van der Waals surface area contributed by atoms with Gasteiger partial charge < -0.3 is 35.4 Å². The maximum absolute atomic E-state index is 11.9. The molecule has 0 saturated carbocycles. The number of aliphatic hydroxyl groups is 2. The van der Waals surface area contributed by atoms with Crippen LogP contribution in [-0.4, -0.2) is 53.3 Å². The molecule has 0 aliphatic carbocycles. The first kappa shape index (κ1) is 21.1. The second-order valence-electron chi connectivity index (χ2n) is 5.27. The van der Waals surface area contributed by atoms with Crippen molar-refractivity contribution in [2.45, 2.75) is 31.5 Å². The smallest absolute Gasteiger partial charge is 0.391 e. The van der Waals surface area contributed by atoms with E-state index in [0.29, 0.717) is 0 Å². The van der Waals surface area contributed by atoms with Gasteiger partial charge >= 0.3 is 21.3 Å². The zero-order valence-corrected chi connectivity index (χ0v) is 14.8. The quantitative estimate of drug-likeness (QED) is 0.269. The fourth-order valence-electron chi connectivity index (χ4n) is 2.21. The molecule has 26 heavy (non-hydrogen) atoms. The second kappa shape index (κ2) is 7.82. The second-order valence-corrected chi connectivity index (χ2v) is 8.10. The van der Waals surface area contributed by atoms with E-state index in [9.17, 15) is 23.9 Å². The van der Waals surface area contributed by atoms with E-state index in [1.165, 1.54) is 6.20 Å². The number of nitrogens with zero attached hydrogens (tertiary/aromatic N) is 2. The first-order valence-electron chi connectivity index (χ1n) is 6.98. The van der Waals surface area contributed by atoms with Crippen molar-refractivity contribution in [3.8, 4) is 0 Å². The Labute approximate surface area is 145 Å². The maximum Gasteiger partial charge on any atom is 0.481 e. The first-order valence-corrected chi connectivity index (χ1v) is 10.0. The van der Waals surface area contributed by atoms with Crippen LogP contribution >= 0.6 is 15.6 Å². The molecular formula is C10H17N3O11P2. The third-order valence-corrected chi connectivity index (χ3v) is 5.51. The number of rotatable bonds is 7. The van der Waals surface area contributed by atoms with Crippen LogP contribution in [0.25, 0.3) is 0 Å². The molecule has 1 aliphatic heterocycles. The van der Waals surface area contributed by atoms with Gasteiger partial charge in [0.05, 0.1) is 19.3 Å². The normalized spacial score (nSPS) is 26.0. The van der Waals surface area contributed by atoms with Crippen molar-refractivity contribution in [1.29, 1.82) is 0 Å². The highest BCUT2D eigenvalue weighted by Crippen LogP contribution is 2.57. The molecule has 4 atom stereocenters. The number of aliphatic hydroxyl groups excluding tert-OH is 2. The van der Waals surface area contributed by atoms with Gasteiger partial charge in [-0.3, -0.25) is 9.09 Å². The molecule has 14 nitrogen and oxygen atoms in total. The Morgan fingerprint density at radius 3 is 2.62 bits per heavy atom. The molecule has 0 bridgehead atoms. The van der Waals surface area contributed by atoms with E-state index in [-0.39, 0.29) is 17.8 Å². The van der Waals surface area contributed by atoms with Crippen molar-refractivity contribution in [2.75, 3.05) is 12.3 Å². The minimum absolute atomic E-state index is 0.126. The molecule has 2 rings (SSSR count). The van der Waals surface area contributed by atoms with Crippen molar-refractivity contribution in [3.63, 3.8) is 0 Å². The van der Waals surface area contributed by atoms with Crippen molar-refractivity contribution in [2.24, 2.45) is 0 Å². The number of phosphoric acid groups is 2. The molecule has 0 spiro atoms. The lowest BCUT2D eigenvalue weighted by Gasteiger charge is -2.18. The van der Waals surface area contributed by atoms with Crippen LogP contribution in [0.15, 0.2) is 11.0 Å². The summed E-state index contributed by atoms with van der Waals surface area (Å²) in [6, 6.07) is 0. The highest BCUT2D eigenvalue weighted by molar-refractivity contribution is 7.60. The zero-order valence-electron chi connectivity index (χ0n) is 13.0. The SMILES string of the molecule is Nc1nc(=O)n([C@@H]2C[C@@H](O)[C@H](COP(=O)(O)OP(=O)(O)O)O2)cc1CO. The Morgan fingerprint density at radius 2 is 2.04 bits per heavy atom. The van der Waals surface area contributed by atoms with Gasteiger partial charge in [0.2, 0.25) is 0 Å². The van der Waals surface area contributed by atoms with Crippen LogP contribution in [0.1, 0.15) is 18.2 Å². The molecule has 0 amide bonds. The molecule has 0 radical (unpaired) electrons. The van der Waals surface area contributed by atoms with Crippen LogP contribution in [-0.2, 0) is 29.3 Å². The highest BCUT2D eigenvalue weighted by Gasteiger charge is 2.39. The fourth-order valence-corrected chi connectivity index (χ4v) is 3.81. The van der Waals surface area contributed by atoms with Crippen LogP contribution in [0.3, 0.4) is 0 Å². The van der Waals surface area contributed by atoms with Gasteiger partial charge in [0.25, 0.3) is 0 Å². The Kier molecular flexibility index (Phi) is 6.36. The number of aromatic nitrogens is 2. The predicted molar refractivity (Wildman–Crippen MR) is 82.3 cm³/mol. The minimum atomic E-state index is -5.27. The molecule has 1 unspecified atom stereocenters. The molecule has 148 valence electrons. The number of hydrogen-bond acceptors (Lipinski definition) is 10. The fraction of sp³-hybridized carbons (Fsp3) is 0.600. The summed E-state index contributed by atoms with van der Waals surface area (Å²) in [6.07, 6.45) is -2.41. The van der Waals surface area contributed by atoms with Crippen molar-refractivity contribution in [1.82, 2.24) is 9.55 Å². The van der Waals surface area contributed by atoms with E-state index >= 15 is 0 Å². The maximum atomic E-state index is 11.9. The highest BCUT2D eigenvalue weighted by atomic mass is 31.3. The Hall–Kier alpha value is -1.18. The van der Waals surface area contributed by atoms with E-state index in [1.807, 2.05) is 0 Å². The van der Waals surface area contributed by atoms with Gasteiger partial charge in [-0.05, 0) is 0 Å². The lowest BCUT2D eigenvalue weighted by Crippen LogP contribution is -2.29. The number of hydrogen-bond donors (Lipinski definition) is 6. The van der Waals surface area contributed by atoms with E-state index in [1.54, 1.807) is 0 Å². The number of ether oxygens (including phenoxy) is 1. The van der Waals surface area contributed by atoms with Crippen molar-refractivity contribution >= 4 is 21.5 Å².